The van der Waals surface area contributed by atoms with Gasteiger partial charge >= 0.3 is 6.03 Å². The normalized spacial score (nSPS) is 15.9. The van der Waals surface area contributed by atoms with Gasteiger partial charge in [-0.1, -0.05) is 41.9 Å². The second kappa shape index (κ2) is 8.18. The molecule has 0 bridgehead atoms. The molecule has 4 nitrogen and oxygen atoms in total. The largest absolute Gasteiger partial charge is 0.336 e. The maximum atomic E-state index is 12.2. The zero-order valence-electron chi connectivity index (χ0n) is 13.5. The van der Waals surface area contributed by atoms with E-state index in [1.807, 2.05) is 18.2 Å². The first-order chi connectivity index (χ1) is 11.7. The fraction of sp³-hybridized carbons (Fsp3) is 0.316. The lowest BCUT2D eigenvalue weighted by molar-refractivity contribution is 0.227. The summed E-state index contributed by atoms with van der Waals surface area (Å²) >= 11 is 5.86. The van der Waals surface area contributed by atoms with Crippen molar-refractivity contribution in [3.63, 3.8) is 0 Å². The minimum absolute atomic E-state index is 0.197. The monoisotopic (exact) mass is 343 g/mol. The Morgan fingerprint density at radius 1 is 1.04 bits per heavy atom. The van der Waals surface area contributed by atoms with Gasteiger partial charge in [-0.3, -0.25) is 4.90 Å². The van der Waals surface area contributed by atoms with Crippen molar-refractivity contribution >= 4 is 23.3 Å². The molecule has 1 heterocycles. The second-order valence-corrected chi connectivity index (χ2v) is 6.45. The van der Waals surface area contributed by atoms with E-state index in [0.717, 1.165) is 18.8 Å². The first kappa shape index (κ1) is 16.8. The standard InChI is InChI=1S/C19H22ClN3O/c20-16-8-10-17(11-9-16)22-19(24)21-14-18(23-12-4-5-13-23)15-6-2-1-3-7-15/h1-3,6-11,18H,4-5,12-14H2,(H2,21,22,24). The number of rotatable bonds is 5. The molecule has 0 saturated carbocycles. The highest BCUT2D eigenvalue weighted by atomic mass is 35.5. The summed E-state index contributed by atoms with van der Waals surface area (Å²) in [6.45, 7) is 2.75. The van der Waals surface area contributed by atoms with Crippen LogP contribution in [0.2, 0.25) is 5.02 Å². The van der Waals surface area contributed by atoms with Crippen LogP contribution >= 0.6 is 11.6 Å². The Morgan fingerprint density at radius 3 is 2.38 bits per heavy atom. The van der Waals surface area contributed by atoms with Gasteiger partial charge in [-0.25, -0.2) is 4.79 Å². The van der Waals surface area contributed by atoms with Crippen LogP contribution in [-0.2, 0) is 0 Å². The summed E-state index contributed by atoms with van der Waals surface area (Å²) in [7, 11) is 0. The van der Waals surface area contributed by atoms with E-state index in [1.54, 1.807) is 24.3 Å². The minimum atomic E-state index is -0.197. The predicted octanol–water partition coefficient (Wildman–Crippen LogP) is 4.30. The van der Waals surface area contributed by atoms with Crippen LogP contribution < -0.4 is 10.6 Å². The summed E-state index contributed by atoms with van der Waals surface area (Å²) in [6.07, 6.45) is 2.45. The topological polar surface area (TPSA) is 44.4 Å². The van der Waals surface area contributed by atoms with Gasteiger partial charge in [-0.15, -0.1) is 0 Å². The van der Waals surface area contributed by atoms with Crippen molar-refractivity contribution in [2.45, 2.75) is 18.9 Å². The lowest BCUT2D eigenvalue weighted by atomic mass is 10.1. The van der Waals surface area contributed by atoms with Crippen molar-refractivity contribution in [1.82, 2.24) is 10.2 Å². The summed E-state index contributed by atoms with van der Waals surface area (Å²) in [4.78, 5) is 14.6. The molecule has 1 aliphatic rings. The lowest BCUT2D eigenvalue weighted by Gasteiger charge is -2.28. The molecule has 2 amide bonds. The third-order valence-electron chi connectivity index (χ3n) is 4.32. The molecule has 24 heavy (non-hydrogen) atoms. The number of urea groups is 1. The highest BCUT2D eigenvalue weighted by molar-refractivity contribution is 6.30. The first-order valence-electron chi connectivity index (χ1n) is 8.32. The Bertz CT molecular complexity index is 654. The van der Waals surface area contributed by atoms with Gasteiger partial charge in [0.2, 0.25) is 0 Å². The third kappa shape index (κ3) is 4.49. The molecule has 2 aromatic rings. The van der Waals surface area contributed by atoms with Crippen LogP contribution in [0.1, 0.15) is 24.4 Å². The van der Waals surface area contributed by atoms with Gasteiger partial charge in [0.05, 0.1) is 6.04 Å². The van der Waals surface area contributed by atoms with Crippen molar-refractivity contribution < 1.29 is 4.79 Å². The van der Waals surface area contributed by atoms with E-state index in [9.17, 15) is 4.79 Å². The SMILES string of the molecule is O=C(NCC(c1ccccc1)N1CCCC1)Nc1ccc(Cl)cc1. The van der Waals surface area contributed by atoms with Crippen LogP contribution in [0.3, 0.4) is 0 Å². The Labute approximate surface area is 147 Å². The van der Waals surface area contributed by atoms with Crippen LogP contribution in [0.4, 0.5) is 10.5 Å². The van der Waals surface area contributed by atoms with Crippen molar-refractivity contribution in [2.75, 3.05) is 25.0 Å². The number of likely N-dealkylation sites (tertiary alicyclic amines) is 1. The van der Waals surface area contributed by atoms with Crippen LogP contribution in [-0.4, -0.2) is 30.6 Å². The zero-order valence-corrected chi connectivity index (χ0v) is 14.3. The maximum Gasteiger partial charge on any atom is 0.319 e. The van der Waals surface area contributed by atoms with E-state index in [2.05, 4.69) is 27.7 Å². The van der Waals surface area contributed by atoms with E-state index in [0.29, 0.717) is 11.6 Å². The number of benzene rings is 2. The molecule has 0 aromatic heterocycles. The number of carbonyl (C=O) groups excluding carboxylic acids is 1. The Kier molecular flexibility index (Phi) is 5.72. The average Bonchev–Trinajstić information content (AvgIpc) is 3.12. The first-order valence-corrected chi connectivity index (χ1v) is 8.69. The van der Waals surface area contributed by atoms with Crippen LogP contribution in [0.25, 0.3) is 0 Å². The Balaban J connectivity index is 1.60. The molecule has 0 aliphatic carbocycles. The molecule has 0 radical (unpaired) electrons. The average molecular weight is 344 g/mol. The van der Waals surface area contributed by atoms with E-state index >= 15 is 0 Å². The van der Waals surface area contributed by atoms with Gasteiger partial charge in [-0.2, -0.15) is 0 Å². The van der Waals surface area contributed by atoms with E-state index in [1.165, 1.54) is 18.4 Å². The number of nitrogens with zero attached hydrogens (tertiary/aromatic N) is 1. The molecule has 1 saturated heterocycles. The van der Waals surface area contributed by atoms with Crippen LogP contribution in [0, 0.1) is 0 Å². The summed E-state index contributed by atoms with van der Waals surface area (Å²) in [6, 6.07) is 17.5. The molecule has 2 aromatic carbocycles. The molecule has 2 N–H and O–H groups in total. The highest BCUT2D eigenvalue weighted by Crippen LogP contribution is 2.24. The molecule has 1 atom stereocenters. The minimum Gasteiger partial charge on any atom is -0.336 e. The van der Waals surface area contributed by atoms with Gasteiger partial charge in [0, 0.05) is 17.3 Å². The molecule has 0 spiro atoms. The zero-order chi connectivity index (χ0) is 16.8. The van der Waals surface area contributed by atoms with Gasteiger partial charge in [0.1, 0.15) is 0 Å². The molecule has 1 aliphatic heterocycles. The number of anilines is 1. The summed E-state index contributed by atoms with van der Waals surface area (Å²) in [5.74, 6) is 0. The fourth-order valence-corrected chi connectivity index (χ4v) is 3.21. The van der Waals surface area contributed by atoms with Crippen molar-refractivity contribution in [1.29, 1.82) is 0 Å². The second-order valence-electron chi connectivity index (χ2n) is 6.01. The van der Waals surface area contributed by atoms with Gasteiger partial charge in [0.15, 0.2) is 0 Å². The summed E-state index contributed by atoms with van der Waals surface area (Å²) in [5.41, 5.74) is 1.97. The van der Waals surface area contributed by atoms with Gasteiger partial charge < -0.3 is 10.6 Å². The van der Waals surface area contributed by atoms with Crippen molar-refractivity contribution in [3.05, 3.63) is 65.2 Å². The number of amides is 2. The number of hydrogen-bond acceptors (Lipinski definition) is 2. The third-order valence-corrected chi connectivity index (χ3v) is 4.58. The Hall–Kier alpha value is -2.04. The smallest absolute Gasteiger partial charge is 0.319 e. The number of carbonyl (C=O) groups is 1. The molecule has 1 unspecified atom stereocenters. The molecule has 126 valence electrons. The van der Waals surface area contributed by atoms with Crippen LogP contribution in [0.5, 0.6) is 0 Å². The molecular weight excluding hydrogens is 322 g/mol. The van der Waals surface area contributed by atoms with Crippen LogP contribution in [0.15, 0.2) is 54.6 Å². The molecule has 1 fully saturated rings. The number of hydrogen-bond donors (Lipinski definition) is 2. The fourth-order valence-electron chi connectivity index (χ4n) is 3.08. The number of halogens is 1. The molecular formula is C19H22ClN3O. The number of nitrogens with one attached hydrogen (secondary N) is 2. The quantitative estimate of drug-likeness (QED) is 0.850. The van der Waals surface area contributed by atoms with Crippen molar-refractivity contribution in [3.8, 4) is 0 Å². The van der Waals surface area contributed by atoms with E-state index < -0.39 is 0 Å². The van der Waals surface area contributed by atoms with E-state index in [-0.39, 0.29) is 12.1 Å². The van der Waals surface area contributed by atoms with Gasteiger partial charge in [0.25, 0.3) is 0 Å². The molecule has 5 heteroatoms. The molecule has 3 rings (SSSR count). The predicted molar refractivity (Wildman–Crippen MR) is 98.5 cm³/mol. The summed E-state index contributed by atoms with van der Waals surface area (Å²) < 4.78 is 0. The van der Waals surface area contributed by atoms with Gasteiger partial charge in [-0.05, 0) is 55.8 Å². The van der Waals surface area contributed by atoms with Crippen molar-refractivity contribution in [2.24, 2.45) is 0 Å². The summed E-state index contributed by atoms with van der Waals surface area (Å²) in [5, 5.41) is 6.49. The Morgan fingerprint density at radius 2 is 1.71 bits per heavy atom. The lowest BCUT2D eigenvalue weighted by Crippen LogP contribution is -2.38. The maximum absolute atomic E-state index is 12.2. The highest BCUT2D eigenvalue weighted by Gasteiger charge is 2.23. The van der Waals surface area contributed by atoms with E-state index in [4.69, 9.17) is 11.6 Å².